The van der Waals surface area contributed by atoms with Crippen LogP contribution < -0.4 is 5.32 Å². The molecule has 2 aliphatic rings. The molecule has 1 atom stereocenters. The maximum atomic E-state index is 12.3. The number of benzene rings is 1. The maximum absolute atomic E-state index is 12.3. The van der Waals surface area contributed by atoms with E-state index in [1.807, 2.05) is 24.3 Å². The highest BCUT2D eigenvalue weighted by Gasteiger charge is 2.46. The fourth-order valence-electron chi connectivity index (χ4n) is 3.60. The Hall–Kier alpha value is -3.11. The van der Waals surface area contributed by atoms with Gasteiger partial charge in [0.1, 0.15) is 11.5 Å². The summed E-state index contributed by atoms with van der Waals surface area (Å²) in [5.74, 6) is 0.479. The van der Waals surface area contributed by atoms with Gasteiger partial charge < -0.3 is 14.6 Å². The van der Waals surface area contributed by atoms with Crippen molar-refractivity contribution >= 4 is 11.6 Å². The van der Waals surface area contributed by atoms with Gasteiger partial charge in [-0.15, -0.1) is 0 Å². The van der Waals surface area contributed by atoms with Crippen molar-refractivity contribution in [3.05, 3.63) is 59.5 Å². The number of hydrogen-bond acceptors (Lipinski definition) is 6. The molecule has 0 radical (unpaired) electrons. The second kappa shape index (κ2) is 7.25. The molecule has 2 aromatic rings. The minimum Gasteiger partial charge on any atom is -0.467 e. The van der Waals surface area contributed by atoms with E-state index in [9.17, 15) is 4.79 Å². The molecule has 0 bridgehead atoms. The van der Waals surface area contributed by atoms with Crippen molar-refractivity contribution in [2.45, 2.75) is 31.5 Å². The summed E-state index contributed by atoms with van der Waals surface area (Å²) in [6.45, 7) is 2.66. The van der Waals surface area contributed by atoms with Gasteiger partial charge in [-0.25, -0.2) is 0 Å². The summed E-state index contributed by atoms with van der Waals surface area (Å²) in [7, 11) is 0. The predicted molar refractivity (Wildman–Crippen MR) is 97.5 cm³/mol. The number of oxime groups is 1. The lowest BCUT2D eigenvalue weighted by Crippen LogP contribution is -2.36. The molecule has 7 heteroatoms. The average Bonchev–Trinajstić information content (AvgIpc) is 3.43. The Kier molecular flexibility index (Phi) is 4.65. The summed E-state index contributed by atoms with van der Waals surface area (Å²) < 4.78 is 5.21. The molecule has 1 fully saturated rings. The molecule has 1 spiro atoms. The van der Waals surface area contributed by atoms with Crippen LogP contribution in [0.15, 0.2) is 52.2 Å². The first-order valence-corrected chi connectivity index (χ1v) is 8.93. The Balaban J connectivity index is 1.31. The van der Waals surface area contributed by atoms with Crippen LogP contribution in [0.25, 0.3) is 0 Å². The molecular weight excluding hydrogens is 344 g/mol. The fraction of sp³-hybridized carbons (Fsp3) is 0.350. The lowest BCUT2D eigenvalue weighted by molar-refractivity contribution is -0.115. The van der Waals surface area contributed by atoms with Gasteiger partial charge in [0.05, 0.1) is 24.4 Å². The quantitative estimate of drug-likeness (QED) is 0.878. The molecule has 1 N–H and O–H groups in total. The number of hydrogen-bond donors (Lipinski definition) is 1. The molecule has 1 aromatic heterocycles. The molecule has 27 heavy (non-hydrogen) atoms. The fourth-order valence-corrected chi connectivity index (χ4v) is 3.60. The van der Waals surface area contributed by atoms with Crippen molar-refractivity contribution in [3.8, 4) is 6.07 Å². The number of likely N-dealkylation sites (tertiary alicyclic amines) is 1. The van der Waals surface area contributed by atoms with Crippen LogP contribution in [0.5, 0.6) is 0 Å². The lowest BCUT2D eigenvalue weighted by Gasteiger charge is -2.21. The second-order valence-electron chi connectivity index (χ2n) is 7.02. The number of nitrogens with zero attached hydrogens (tertiary/aromatic N) is 3. The third kappa shape index (κ3) is 3.86. The van der Waals surface area contributed by atoms with E-state index in [4.69, 9.17) is 14.5 Å². The molecule has 7 nitrogen and oxygen atoms in total. The highest BCUT2D eigenvalue weighted by molar-refractivity contribution is 6.39. The molecule has 2 aliphatic heterocycles. The summed E-state index contributed by atoms with van der Waals surface area (Å²) in [6, 6.07) is 13.4. The molecule has 0 aliphatic carbocycles. The highest BCUT2D eigenvalue weighted by Crippen LogP contribution is 2.34. The summed E-state index contributed by atoms with van der Waals surface area (Å²) in [4.78, 5) is 20.3. The van der Waals surface area contributed by atoms with E-state index >= 15 is 0 Å². The third-order valence-corrected chi connectivity index (χ3v) is 4.96. The highest BCUT2D eigenvalue weighted by atomic mass is 16.7. The summed E-state index contributed by atoms with van der Waals surface area (Å²) in [5, 5.41) is 15.9. The summed E-state index contributed by atoms with van der Waals surface area (Å²) in [5.41, 5.74) is 1.76. The molecule has 1 aromatic carbocycles. The van der Waals surface area contributed by atoms with Gasteiger partial charge in [0.2, 0.25) is 0 Å². The van der Waals surface area contributed by atoms with Gasteiger partial charge >= 0.3 is 0 Å². The Morgan fingerprint density at radius 1 is 1.37 bits per heavy atom. The van der Waals surface area contributed by atoms with Gasteiger partial charge in [-0.2, -0.15) is 5.26 Å². The van der Waals surface area contributed by atoms with Crippen LogP contribution in [0, 0.1) is 11.3 Å². The zero-order valence-corrected chi connectivity index (χ0v) is 14.9. The molecule has 3 heterocycles. The number of nitriles is 1. The number of furan rings is 1. The van der Waals surface area contributed by atoms with E-state index in [2.05, 4.69) is 21.4 Å². The smallest absolute Gasteiger partial charge is 0.269 e. The number of carbonyl (C=O) groups excluding carboxylic acids is 1. The Bertz CT molecular complexity index is 900. The van der Waals surface area contributed by atoms with Crippen LogP contribution >= 0.6 is 0 Å². The van der Waals surface area contributed by atoms with Gasteiger partial charge in [-0.05, 0) is 29.8 Å². The molecule has 138 valence electrons. The SMILES string of the molecule is N#Cc1cccc(CN2CC[C@]3(CC(C(=O)NCc4ccco4)=NO3)C2)c1. The van der Waals surface area contributed by atoms with Crippen molar-refractivity contribution in [2.75, 3.05) is 13.1 Å². The minimum atomic E-state index is -0.426. The molecular formula is C20H20N4O3. The summed E-state index contributed by atoms with van der Waals surface area (Å²) in [6.07, 6.45) is 2.90. The van der Waals surface area contributed by atoms with Gasteiger partial charge in [0.25, 0.3) is 5.91 Å². The van der Waals surface area contributed by atoms with E-state index in [-0.39, 0.29) is 5.91 Å². The third-order valence-electron chi connectivity index (χ3n) is 4.96. The van der Waals surface area contributed by atoms with Crippen LogP contribution in [0.3, 0.4) is 0 Å². The molecule has 1 amide bonds. The van der Waals surface area contributed by atoms with Crippen molar-refractivity contribution in [2.24, 2.45) is 5.16 Å². The minimum absolute atomic E-state index is 0.219. The lowest BCUT2D eigenvalue weighted by atomic mass is 9.96. The first-order chi connectivity index (χ1) is 13.2. The zero-order chi connectivity index (χ0) is 18.7. The first kappa shape index (κ1) is 17.3. The van der Waals surface area contributed by atoms with Crippen LogP contribution in [0.1, 0.15) is 29.7 Å². The topological polar surface area (TPSA) is 90.9 Å². The Morgan fingerprint density at radius 3 is 3.11 bits per heavy atom. The second-order valence-corrected chi connectivity index (χ2v) is 7.02. The Morgan fingerprint density at radius 2 is 2.30 bits per heavy atom. The van der Waals surface area contributed by atoms with Crippen molar-refractivity contribution in [3.63, 3.8) is 0 Å². The summed E-state index contributed by atoms with van der Waals surface area (Å²) >= 11 is 0. The van der Waals surface area contributed by atoms with E-state index in [1.54, 1.807) is 18.4 Å². The zero-order valence-electron chi connectivity index (χ0n) is 14.9. The van der Waals surface area contributed by atoms with Crippen molar-refractivity contribution in [1.29, 1.82) is 5.26 Å². The van der Waals surface area contributed by atoms with E-state index in [1.165, 1.54) is 0 Å². The average molecular weight is 364 g/mol. The first-order valence-electron chi connectivity index (χ1n) is 8.93. The molecule has 0 unspecified atom stereocenters. The molecule has 4 rings (SSSR count). The van der Waals surface area contributed by atoms with Crippen molar-refractivity contribution in [1.82, 2.24) is 10.2 Å². The van der Waals surface area contributed by atoms with Crippen LogP contribution in [-0.2, 0) is 22.7 Å². The van der Waals surface area contributed by atoms with Gasteiger partial charge in [0, 0.05) is 32.5 Å². The van der Waals surface area contributed by atoms with E-state index < -0.39 is 5.60 Å². The van der Waals surface area contributed by atoms with Gasteiger partial charge in [-0.1, -0.05) is 17.3 Å². The van der Waals surface area contributed by atoms with E-state index in [0.717, 1.165) is 25.1 Å². The Labute approximate surface area is 157 Å². The molecule has 1 saturated heterocycles. The number of nitrogens with one attached hydrogen (secondary N) is 1. The van der Waals surface area contributed by atoms with Gasteiger partial charge in [0.15, 0.2) is 5.60 Å². The molecule has 0 saturated carbocycles. The van der Waals surface area contributed by atoms with Crippen molar-refractivity contribution < 1.29 is 14.0 Å². The normalized spacial score (nSPS) is 21.7. The number of carbonyl (C=O) groups is 1. The standard InChI is InChI=1S/C20H20N4O3/c21-11-15-3-1-4-16(9-15)13-24-7-6-20(14-24)10-18(23-27-20)19(25)22-12-17-5-2-8-26-17/h1-5,8-9H,6-7,10,12-14H2,(H,22,25)/t20-/m0/s1. The predicted octanol–water partition coefficient (Wildman–Crippen LogP) is 2.19. The monoisotopic (exact) mass is 364 g/mol. The van der Waals surface area contributed by atoms with Gasteiger partial charge in [-0.3, -0.25) is 9.69 Å². The van der Waals surface area contributed by atoms with Crippen LogP contribution in [0.4, 0.5) is 0 Å². The van der Waals surface area contributed by atoms with Crippen LogP contribution in [-0.4, -0.2) is 35.2 Å². The van der Waals surface area contributed by atoms with E-state index in [0.29, 0.717) is 36.5 Å². The van der Waals surface area contributed by atoms with Crippen LogP contribution in [0.2, 0.25) is 0 Å². The largest absolute Gasteiger partial charge is 0.467 e. The number of rotatable bonds is 5. The number of amides is 1. The maximum Gasteiger partial charge on any atom is 0.269 e.